The lowest BCUT2D eigenvalue weighted by atomic mass is 10.2. The number of carboxylic acids is 1. The Labute approximate surface area is 98.3 Å². The van der Waals surface area contributed by atoms with Gasteiger partial charge in [-0.1, -0.05) is 13.0 Å². The molecule has 1 rings (SSSR count). The number of sulfonamides is 1. The van der Waals surface area contributed by atoms with Crippen molar-refractivity contribution in [3.05, 3.63) is 29.6 Å². The summed E-state index contributed by atoms with van der Waals surface area (Å²) in [6, 6.07) is 3.34. The zero-order chi connectivity index (χ0) is 13.1. The van der Waals surface area contributed by atoms with E-state index in [2.05, 4.69) is 0 Å². The molecule has 0 aliphatic heterocycles. The van der Waals surface area contributed by atoms with Crippen molar-refractivity contribution in [2.75, 3.05) is 10.5 Å². The van der Waals surface area contributed by atoms with Crippen LogP contribution >= 0.6 is 0 Å². The van der Waals surface area contributed by atoms with Crippen LogP contribution in [0, 0.1) is 5.82 Å². The van der Waals surface area contributed by atoms with E-state index in [1.165, 1.54) is 6.07 Å². The van der Waals surface area contributed by atoms with Crippen LogP contribution in [0.2, 0.25) is 0 Å². The summed E-state index contributed by atoms with van der Waals surface area (Å²) in [4.78, 5) is 10.8. The van der Waals surface area contributed by atoms with E-state index in [9.17, 15) is 17.6 Å². The fraction of sp³-hybridized carbons (Fsp3) is 0.300. The molecule has 0 heterocycles. The van der Waals surface area contributed by atoms with E-state index < -0.39 is 33.1 Å². The number of para-hydroxylation sites is 1. The molecular formula is C10H12FNO4S. The fourth-order valence-corrected chi connectivity index (χ4v) is 2.44. The Bertz CT molecular complexity index is 527. The van der Waals surface area contributed by atoms with Crippen LogP contribution in [0.4, 0.5) is 10.1 Å². The van der Waals surface area contributed by atoms with E-state index in [4.69, 9.17) is 5.11 Å². The van der Waals surface area contributed by atoms with Crippen LogP contribution in [0.25, 0.3) is 0 Å². The second kappa shape index (κ2) is 5.13. The van der Waals surface area contributed by atoms with Gasteiger partial charge in [-0.2, -0.15) is 0 Å². The number of hydrogen-bond donors (Lipinski definition) is 2. The molecule has 1 aromatic carbocycles. The third-order valence-corrected chi connectivity index (χ3v) is 3.44. The van der Waals surface area contributed by atoms with Gasteiger partial charge >= 0.3 is 5.97 Å². The quantitative estimate of drug-likeness (QED) is 0.844. The number of aromatic carboxylic acids is 1. The number of rotatable bonds is 5. The molecule has 0 radical (unpaired) electrons. The summed E-state index contributed by atoms with van der Waals surface area (Å²) in [5.41, 5.74) is -0.932. The van der Waals surface area contributed by atoms with Gasteiger partial charge in [-0.3, -0.25) is 4.72 Å². The minimum absolute atomic E-state index is 0.194. The minimum Gasteiger partial charge on any atom is -0.478 e. The van der Waals surface area contributed by atoms with E-state index in [0.29, 0.717) is 6.42 Å². The number of carbonyl (C=O) groups is 1. The maximum atomic E-state index is 13.4. The summed E-state index contributed by atoms with van der Waals surface area (Å²) in [7, 11) is -3.72. The lowest BCUT2D eigenvalue weighted by Crippen LogP contribution is -2.19. The van der Waals surface area contributed by atoms with Gasteiger partial charge in [-0.05, 0) is 18.6 Å². The maximum absolute atomic E-state index is 13.4. The maximum Gasteiger partial charge on any atom is 0.337 e. The van der Waals surface area contributed by atoms with Gasteiger partial charge in [0, 0.05) is 0 Å². The average molecular weight is 261 g/mol. The second-order valence-corrected chi connectivity index (χ2v) is 5.23. The van der Waals surface area contributed by atoms with Crippen LogP contribution in [0.15, 0.2) is 18.2 Å². The molecule has 0 fully saturated rings. The molecule has 0 bridgehead atoms. The van der Waals surface area contributed by atoms with Crippen LogP contribution in [0.3, 0.4) is 0 Å². The topological polar surface area (TPSA) is 83.5 Å². The molecule has 0 unspecified atom stereocenters. The Balaban J connectivity index is 3.18. The van der Waals surface area contributed by atoms with Crippen LogP contribution < -0.4 is 4.72 Å². The summed E-state index contributed by atoms with van der Waals surface area (Å²) in [5, 5.41) is 8.82. The van der Waals surface area contributed by atoms with Gasteiger partial charge in [-0.15, -0.1) is 0 Å². The first-order chi connectivity index (χ1) is 7.87. The molecule has 0 amide bonds. The number of carboxylic acid groups (broad SMARTS) is 1. The Morgan fingerprint density at radius 1 is 1.47 bits per heavy atom. The van der Waals surface area contributed by atoms with Crippen molar-refractivity contribution in [3.8, 4) is 0 Å². The largest absolute Gasteiger partial charge is 0.478 e. The normalized spacial score (nSPS) is 11.2. The highest BCUT2D eigenvalue weighted by Crippen LogP contribution is 2.21. The Hall–Kier alpha value is -1.63. The summed E-state index contributed by atoms with van der Waals surface area (Å²) < 4.78 is 38.3. The average Bonchev–Trinajstić information content (AvgIpc) is 2.20. The SMILES string of the molecule is CCCS(=O)(=O)Nc1c(F)cccc1C(=O)O. The van der Waals surface area contributed by atoms with E-state index in [-0.39, 0.29) is 5.75 Å². The van der Waals surface area contributed by atoms with Crippen molar-refractivity contribution < 1.29 is 22.7 Å². The summed E-state index contributed by atoms with van der Waals surface area (Å²) in [6.45, 7) is 1.65. The Kier molecular flexibility index (Phi) is 4.06. The minimum atomic E-state index is -3.72. The molecule has 0 atom stereocenters. The van der Waals surface area contributed by atoms with Gasteiger partial charge in [-0.25, -0.2) is 17.6 Å². The van der Waals surface area contributed by atoms with Gasteiger partial charge in [0.1, 0.15) is 5.82 Å². The van der Waals surface area contributed by atoms with Crippen LogP contribution in [0.5, 0.6) is 0 Å². The molecule has 0 saturated heterocycles. The van der Waals surface area contributed by atoms with Crippen molar-refractivity contribution >= 4 is 21.7 Å². The molecule has 7 heteroatoms. The second-order valence-electron chi connectivity index (χ2n) is 3.39. The first-order valence-corrected chi connectivity index (χ1v) is 6.55. The lowest BCUT2D eigenvalue weighted by molar-refractivity contribution is 0.0697. The highest BCUT2D eigenvalue weighted by Gasteiger charge is 2.19. The zero-order valence-corrected chi connectivity index (χ0v) is 9.92. The van der Waals surface area contributed by atoms with Gasteiger partial charge in [0.15, 0.2) is 0 Å². The fourth-order valence-electron chi connectivity index (χ4n) is 1.28. The van der Waals surface area contributed by atoms with Crippen molar-refractivity contribution in [2.24, 2.45) is 0 Å². The predicted molar refractivity (Wildman–Crippen MR) is 61.1 cm³/mol. The first kappa shape index (κ1) is 13.4. The lowest BCUT2D eigenvalue weighted by Gasteiger charge is -2.10. The number of nitrogens with one attached hydrogen (secondary N) is 1. The van der Waals surface area contributed by atoms with E-state index in [1.807, 2.05) is 4.72 Å². The molecule has 0 aliphatic rings. The third-order valence-electron chi connectivity index (χ3n) is 1.97. The molecule has 0 spiro atoms. The summed E-state index contributed by atoms with van der Waals surface area (Å²) in [6.07, 6.45) is 0.353. The molecule has 1 aromatic rings. The molecular weight excluding hydrogens is 249 g/mol. The highest BCUT2D eigenvalue weighted by molar-refractivity contribution is 7.92. The Morgan fingerprint density at radius 3 is 2.65 bits per heavy atom. The number of anilines is 1. The smallest absolute Gasteiger partial charge is 0.337 e. The molecule has 17 heavy (non-hydrogen) atoms. The first-order valence-electron chi connectivity index (χ1n) is 4.89. The van der Waals surface area contributed by atoms with Crippen molar-refractivity contribution in [1.82, 2.24) is 0 Å². The third kappa shape index (κ3) is 3.42. The standard InChI is InChI=1S/C10H12FNO4S/c1-2-6-17(15,16)12-9-7(10(13)14)4-3-5-8(9)11/h3-5,12H,2,6H2,1H3,(H,13,14). The van der Waals surface area contributed by atoms with Gasteiger partial charge < -0.3 is 5.11 Å². The summed E-state index contributed by atoms with van der Waals surface area (Å²) in [5.74, 6) is -2.50. The van der Waals surface area contributed by atoms with E-state index in [0.717, 1.165) is 12.1 Å². The van der Waals surface area contributed by atoms with Crippen molar-refractivity contribution in [1.29, 1.82) is 0 Å². The van der Waals surface area contributed by atoms with Crippen LogP contribution in [0.1, 0.15) is 23.7 Å². The van der Waals surface area contributed by atoms with Crippen molar-refractivity contribution in [3.63, 3.8) is 0 Å². The van der Waals surface area contributed by atoms with Gasteiger partial charge in [0.2, 0.25) is 10.0 Å². The van der Waals surface area contributed by atoms with Gasteiger partial charge in [0.25, 0.3) is 0 Å². The molecule has 0 aliphatic carbocycles. The van der Waals surface area contributed by atoms with Crippen molar-refractivity contribution in [2.45, 2.75) is 13.3 Å². The van der Waals surface area contributed by atoms with E-state index >= 15 is 0 Å². The number of halogens is 1. The monoisotopic (exact) mass is 261 g/mol. The Morgan fingerprint density at radius 2 is 2.12 bits per heavy atom. The molecule has 2 N–H and O–H groups in total. The van der Waals surface area contributed by atoms with Crippen LogP contribution in [-0.4, -0.2) is 25.2 Å². The summed E-state index contributed by atoms with van der Waals surface area (Å²) >= 11 is 0. The zero-order valence-electron chi connectivity index (χ0n) is 9.10. The number of benzene rings is 1. The highest BCUT2D eigenvalue weighted by atomic mass is 32.2. The van der Waals surface area contributed by atoms with Gasteiger partial charge in [0.05, 0.1) is 17.0 Å². The van der Waals surface area contributed by atoms with E-state index in [1.54, 1.807) is 6.92 Å². The molecule has 5 nitrogen and oxygen atoms in total. The molecule has 94 valence electrons. The molecule has 0 aromatic heterocycles. The predicted octanol–water partition coefficient (Wildman–Crippen LogP) is 1.68. The molecule has 0 saturated carbocycles. The number of hydrogen-bond acceptors (Lipinski definition) is 3. The van der Waals surface area contributed by atoms with Crippen LogP contribution in [-0.2, 0) is 10.0 Å².